The Kier molecular flexibility index (Phi) is 3.17. The summed E-state index contributed by atoms with van der Waals surface area (Å²) in [5, 5.41) is 0. The summed E-state index contributed by atoms with van der Waals surface area (Å²) in [4.78, 5) is 2.26. The predicted octanol–water partition coefficient (Wildman–Crippen LogP) is 3.51. The van der Waals surface area contributed by atoms with Crippen LogP contribution >= 0.6 is 11.8 Å². The van der Waals surface area contributed by atoms with Gasteiger partial charge in [0, 0.05) is 11.1 Å². The Labute approximate surface area is 84.5 Å². The van der Waals surface area contributed by atoms with Crippen LogP contribution in [0.4, 0.5) is 26.3 Å². The zero-order chi connectivity index (χ0) is 11.7. The molecule has 0 aliphatic rings. The minimum Gasteiger partial charge on any atom is -0.253 e. The molecule has 1 heterocycles. The fourth-order valence-electron chi connectivity index (χ4n) is 0.708. The lowest BCUT2D eigenvalue weighted by atomic mass is 10.3. The van der Waals surface area contributed by atoms with Crippen LogP contribution in [0.3, 0.4) is 0 Å². The molecule has 0 bridgehead atoms. The van der Waals surface area contributed by atoms with Gasteiger partial charge in [-0.3, -0.25) is 4.98 Å². The molecule has 1 radical (unpaired) electrons. The molecular formula is C7H2F6NS. The van der Waals surface area contributed by atoms with Gasteiger partial charge in [0.05, 0.1) is 5.56 Å². The van der Waals surface area contributed by atoms with Crippen LogP contribution in [0, 0.1) is 6.20 Å². The minimum absolute atomic E-state index is 0.352. The highest BCUT2D eigenvalue weighted by Crippen LogP contribution is 2.38. The summed E-state index contributed by atoms with van der Waals surface area (Å²) in [5.41, 5.74) is -5.88. The Morgan fingerprint density at radius 2 is 1.73 bits per heavy atom. The molecule has 0 atom stereocenters. The average Bonchev–Trinajstić information content (AvgIpc) is 1.99. The predicted molar refractivity (Wildman–Crippen MR) is 40.0 cm³/mol. The van der Waals surface area contributed by atoms with Crippen molar-refractivity contribution in [3.8, 4) is 0 Å². The molecule has 0 aliphatic heterocycles. The summed E-state index contributed by atoms with van der Waals surface area (Å²) in [6.07, 6.45) is -2.46. The third kappa shape index (κ3) is 3.98. The number of rotatable bonds is 1. The quantitative estimate of drug-likeness (QED) is 0.555. The van der Waals surface area contributed by atoms with E-state index in [2.05, 4.69) is 4.98 Å². The van der Waals surface area contributed by atoms with Gasteiger partial charge in [0.1, 0.15) is 6.20 Å². The van der Waals surface area contributed by atoms with Gasteiger partial charge in [0.2, 0.25) is 0 Å². The number of pyridine rings is 1. The van der Waals surface area contributed by atoms with Crippen molar-refractivity contribution in [3.63, 3.8) is 0 Å². The number of aromatic nitrogens is 1. The van der Waals surface area contributed by atoms with Gasteiger partial charge in [-0.25, -0.2) is 0 Å². The van der Waals surface area contributed by atoms with Crippen molar-refractivity contribution in [3.05, 3.63) is 24.0 Å². The van der Waals surface area contributed by atoms with Gasteiger partial charge in [-0.05, 0) is 17.8 Å². The number of halogens is 6. The van der Waals surface area contributed by atoms with E-state index in [9.17, 15) is 26.3 Å². The summed E-state index contributed by atoms with van der Waals surface area (Å²) < 4.78 is 71.6. The Balaban J connectivity index is 2.94. The molecule has 0 fully saturated rings. The second-order valence-electron chi connectivity index (χ2n) is 2.38. The number of hydrogen-bond donors (Lipinski definition) is 0. The van der Waals surface area contributed by atoms with Gasteiger partial charge in [0.15, 0.2) is 0 Å². The van der Waals surface area contributed by atoms with Gasteiger partial charge in [0.25, 0.3) is 0 Å². The maximum Gasteiger partial charge on any atom is 0.446 e. The Morgan fingerprint density at radius 3 is 2.20 bits per heavy atom. The van der Waals surface area contributed by atoms with E-state index in [-0.39, 0.29) is 0 Å². The first-order valence-corrected chi connectivity index (χ1v) is 4.21. The number of thioether (sulfide) groups is 1. The minimum atomic E-state index is -4.71. The number of nitrogens with zero attached hydrogens (tertiary/aromatic N) is 1. The first-order chi connectivity index (χ1) is 6.68. The second kappa shape index (κ2) is 3.92. The van der Waals surface area contributed by atoms with Gasteiger partial charge in [-0.2, -0.15) is 26.3 Å². The molecule has 0 saturated heterocycles. The lowest BCUT2D eigenvalue weighted by molar-refractivity contribution is -0.138. The van der Waals surface area contributed by atoms with E-state index in [1.54, 1.807) is 0 Å². The lowest BCUT2D eigenvalue weighted by Crippen LogP contribution is -2.06. The van der Waals surface area contributed by atoms with E-state index < -0.39 is 33.9 Å². The maximum absolute atomic E-state index is 12.1. The van der Waals surface area contributed by atoms with Crippen LogP contribution in [0.15, 0.2) is 17.2 Å². The summed E-state index contributed by atoms with van der Waals surface area (Å²) >= 11 is -0.687. The smallest absolute Gasteiger partial charge is 0.253 e. The third-order valence-electron chi connectivity index (χ3n) is 1.22. The second-order valence-corrected chi connectivity index (χ2v) is 3.49. The van der Waals surface area contributed by atoms with E-state index in [0.29, 0.717) is 12.3 Å². The fourth-order valence-corrected chi connectivity index (χ4v) is 1.24. The van der Waals surface area contributed by atoms with Crippen molar-refractivity contribution in [2.24, 2.45) is 0 Å². The maximum atomic E-state index is 12.1. The van der Waals surface area contributed by atoms with Crippen LogP contribution in [-0.4, -0.2) is 10.5 Å². The molecule has 15 heavy (non-hydrogen) atoms. The van der Waals surface area contributed by atoms with Crippen molar-refractivity contribution in [1.29, 1.82) is 0 Å². The van der Waals surface area contributed by atoms with Crippen molar-refractivity contribution in [2.45, 2.75) is 16.6 Å². The lowest BCUT2D eigenvalue weighted by Gasteiger charge is -2.08. The van der Waals surface area contributed by atoms with Crippen molar-refractivity contribution in [1.82, 2.24) is 4.98 Å². The van der Waals surface area contributed by atoms with Crippen LogP contribution in [-0.2, 0) is 6.18 Å². The fraction of sp³-hybridized carbons (Fsp3) is 0.286. The molecular weight excluding hydrogens is 244 g/mol. The monoisotopic (exact) mass is 246 g/mol. The van der Waals surface area contributed by atoms with Crippen molar-refractivity contribution in [2.75, 3.05) is 0 Å². The first kappa shape index (κ1) is 12.2. The van der Waals surface area contributed by atoms with Gasteiger partial charge < -0.3 is 0 Å². The molecule has 1 aromatic rings. The third-order valence-corrected chi connectivity index (χ3v) is 1.88. The zero-order valence-corrected chi connectivity index (χ0v) is 7.59. The normalized spacial score (nSPS) is 12.9. The largest absolute Gasteiger partial charge is 0.446 e. The highest BCUT2D eigenvalue weighted by atomic mass is 32.2. The van der Waals surface area contributed by atoms with Gasteiger partial charge in [-0.1, -0.05) is 0 Å². The molecule has 0 aliphatic carbocycles. The van der Waals surface area contributed by atoms with E-state index >= 15 is 0 Å². The molecule has 1 nitrogen and oxygen atoms in total. The Hall–Kier alpha value is -0.920. The molecule has 0 N–H and O–H groups in total. The standard InChI is InChI=1S/C7H2F6NS/c8-6(9,10)4-1-5(3-14-2-4)15-7(11,12)13/h1-2H. The summed E-state index contributed by atoms with van der Waals surface area (Å²) in [6.45, 7) is 0. The van der Waals surface area contributed by atoms with E-state index in [0.717, 1.165) is 0 Å². The van der Waals surface area contributed by atoms with E-state index in [4.69, 9.17) is 0 Å². The topological polar surface area (TPSA) is 12.9 Å². The molecule has 0 amide bonds. The van der Waals surface area contributed by atoms with Crippen LogP contribution in [0.2, 0.25) is 0 Å². The molecule has 0 unspecified atom stereocenters. The number of hydrogen-bond acceptors (Lipinski definition) is 2. The summed E-state index contributed by atoms with van der Waals surface area (Å²) in [6, 6.07) is 0.352. The highest BCUT2D eigenvalue weighted by Gasteiger charge is 2.34. The average molecular weight is 246 g/mol. The Bertz CT molecular complexity index is 344. The van der Waals surface area contributed by atoms with Gasteiger partial charge in [-0.15, -0.1) is 0 Å². The molecule has 1 rings (SSSR count). The van der Waals surface area contributed by atoms with Gasteiger partial charge >= 0.3 is 11.7 Å². The SMILES string of the molecule is FC(F)(F)Sc1[c]ncc(C(F)(F)F)c1. The van der Waals surface area contributed by atoms with Crippen molar-refractivity contribution >= 4 is 11.8 Å². The number of alkyl halides is 6. The van der Waals surface area contributed by atoms with Crippen LogP contribution in [0.1, 0.15) is 5.56 Å². The molecule has 0 aromatic carbocycles. The van der Waals surface area contributed by atoms with Crippen LogP contribution in [0.5, 0.6) is 0 Å². The molecule has 0 spiro atoms. The molecule has 83 valence electrons. The first-order valence-electron chi connectivity index (χ1n) is 3.39. The van der Waals surface area contributed by atoms with E-state index in [1.165, 1.54) is 0 Å². The molecule has 1 aromatic heterocycles. The molecule has 0 saturated carbocycles. The van der Waals surface area contributed by atoms with Crippen molar-refractivity contribution < 1.29 is 26.3 Å². The zero-order valence-electron chi connectivity index (χ0n) is 6.78. The Morgan fingerprint density at radius 1 is 1.13 bits per heavy atom. The molecule has 8 heteroatoms. The summed E-state index contributed by atoms with van der Waals surface area (Å²) in [5.74, 6) is 0. The van der Waals surface area contributed by atoms with Crippen LogP contribution < -0.4 is 0 Å². The van der Waals surface area contributed by atoms with Crippen LogP contribution in [0.25, 0.3) is 0 Å². The highest BCUT2D eigenvalue weighted by molar-refractivity contribution is 8.00. The van der Waals surface area contributed by atoms with E-state index in [1.807, 2.05) is 6.20 Å². The summed E-state index contributed by atoms with van der Waals surface area (Å²) in [7, 11) is 0.